The molecule has 0 aliphatic rings. The predicted octanol–water partition coefficient (Wildman–Crippen LogP) is 1.60. The lowest BCUT2D eigenvalue weighted by Gasteiger charge is -1.88. The molecule has 0 atom stereocenters. The zero-order chi connectivity index (χ0) is 5.70. The minimum atomic E-state index is 0.130. The third-order valence-corrected chi connectivity index (χ3v) is 0.394. The molecule has 0 saturated carbocycles. The molecule has 0 fully saturated rings. The second kappa shape index (κ2) is 3.93. The van der Waals surface area contributed by atoms with Gasteiger partial charge in [0.25, 0.3) is 0 Å². The normalized spacial score (nSPS) is 7.86. The Morgan fingerprint density at radius 3 is 2.43 bits per heavy atom. The van der Waals surface area contributed by atoms with Gasteiger partial charge in [0.1, 0.15) is 0 Å². The van der Waals surface area contributed by atoms with E-state index in [1.165, 1.54) is 0 Å². The molecule has 0 bridgehead atoms. The topological polar surface area (TPSA) is 21.6 Å². The van der Waals surface area contributed by atoms with Gasteiger partial charge in [0.2, 0.25) is 0 Å². The molecule has 0 unspecified atom stereocenters. The summed E-state index contributed by atoms with van der Waals surface area (Å²) in [6.45, 7) is 3.68. The number of rotatable bonds is 2. The van der Waals surface area contributed by atoms with E-state index in [-0.39, 0.29) is 6.07 Å². The largest absolute Gasteiger partial charge is 0.380 e. The van der Waals surface area contributed by atoms with Crippen molar-refractivity contribution in [2.75, 3.05) is 6.07 Å². The van der Waals surface area contributed by atoms with Gasteiger partial charge in [0.05, 0.1) is 5.71 Å². The van der Waals surface area contributed by atoms with Gasteiger partial charge in [0, 0.05) is 0 Å². The summed E-state index contributed by atoms with van der Waals surface area (Å²) in [5, 5.41) is 3.53. The zero-order valence-electron chi connectivity index (χ0n) is 4.44. The molecule has 2 nitrogen and oxygen atoms in total. The van der Waals surface area contributed by atoms with Crippen LogP contribution in [-0.4, -0.2) is 11.8 Å². The van der Waals surface area contributed by atoms with Crippen molar-refractivity contribution in [3.63, 3.8) is 0 Å². The van der Waals surface area contributed by atoms with Crippen LogP contribution in [0, 0.1) is 0 Å². The van der Waals surface area contributed by atoms with E-state index < -0.39 is 0 Å². The Balaban J connectivity index is 3.08. The Morgan fingerprint density at radius 1 is 1.71 bits per heavy atom. The highest BCUT2D eigenvalue weighted by molar-refractivity contribution is 6.17. The van der Waals surface area contributed by atoms with Crippen molar-refractivity contribution in [1.29, 1.82) is 0 Å². The van der Waals surface area contributed by atoms with Crippen LogP contribution in [0.3, 0.4) is 0 Å². The maximum Gasteiger partial charge on any atom is 0.190 e. The van der Waals surface area contributed by atoms with Gasteiger partial charge in [0.15, 0.2) is 6.07 Å². The molecule has 0 aromatic rings. The molecule has 7 heavy (non-hydrogen) atoms. The SMILES string of the molecule is CC(C)=NOCCl. The van der Waals surface area contributed by atoms with Crippen LogP contribution in [0.2, 0.25) is 0 Å². The van der Waals surface area contributed by atoms with Crippen LogP contribution in [0.4, 0.5) is 0 Å². The van der Waals surface area contributed by atoms with Crippen molar-refractivity contribution < 1.29 is 4.84 Å². The van der Waals surface area contributed by atoms with Crippen molar-refractivity contribution in [2.45, 2.75) is 13.8 Å². The molecule has 0 N–H and O–H groups in total. The van der Waals surface area contributed by atoms with Gasteiger partial charge in [-0.05, 0) is 13.8 Å². The molecule has 0 saturated heterocycles. The summed E-state index contributed by atoms with van der Waals surface area (Å²) in [5.41, 5.74) is 0.876. The number of hydrogen-bond donors (Lipinski definition) is 0. The zero-order valence-corrected chi connectivity index (χ0v) is 5.20. The molecule has 0 rings (SSSR count). The van der Waals surface area contributed by atoms with Crippen LogP contribution in [0.15, 0.2) is 5.16 Å². The van der Waals surface area contributed by atoms with E-state index in [1.54, 1.807) is 0 Å². The summed E-state index contributed by atoms with van der Waals surface area (Å²) < 4.78 is 0. The fourth-order valence-corrected chi connectivity index (χ4v) is 0.202. The number of nitrogens with zero attached hydrogens (tertiary/aromatic N) is 1. The quantitative estimate of drug-likeness (QED) is 0.309. The first kappa shape index (κ1) is 6.76. The molecule has 0 heterocycles. The van der Waals surface area contributed by atoms with Gasteiger partial charge in [-0.3, -0.25) is 0 Å². The van der Waals surface area contributed by atoms with Crippen LogP contribution >= 0.6 is 11.6 Å². The maximum absolute atomic E-state index is 5.12. The predicted molar refractivity (Wildman–Crippen MR) is 30.6 cm³/mol. The maximum atomic E-state index is 5.12. The molecule has 0 aliphatic carbocycles. The summed E-state index contributed by atoms with van der Waals surface area (Å²) in [7, 11) is 0. The van der Waals surface area contributed by atoms with Crippen molar-refractivity contribution in [2.24, 2.45) is 5.16 Å². The van der Waals surface area contributed by atoms with E-state index >= 15 is 0 Å². The van der Waals surface area contributed by atoms with Crippen molar-refractivity contribution in [1.82, 2.24) is 0 Å². The smallest absolute Gasteiger partial charge is 0.190 e. The van der Waals surface area contributed by atoms with Crippen LogP contribution in [0.1, 0.15) is 13.8 Å². The summed E-state index contributed by atoms with van der Waals surface area (Å²) in [6.07, 6.45) is 0. The molecule has 0 amide bonds. The van der Waals surface area contributed by atoms with Crippen LogP contribution in [0.5, 0.6) is 0 Å². The minimum absolute atomic E-state index is 0.130. The number of hydrogen-bond acceptors (Lipinski definition) is 2. The van der Waals surface area contributed by atoms with Gasteiger partial charge in [-0.2, -0.15) is 0 Å². The van der Waals surface area contributed by atoms with E-state index in [1.807, 2.05) is 13.8 Å². The van der Waals surface area contributed by atoms with Crippen LogP contribution in [-0.2, 0) is 4.84 Å². The summed E-state index contributed by atoms with van der Waals surface area (Å²) in [4.78, 5) is 4.45. The molecule has 0 aromatic heterocycles. The lowest BCUT2D eigenvalue weighted by Crippen LogP contribution is -1.82. The monoisotopic (exact) mass is 121 g/mol. The fourth-order valence-electron chi connectivity index (χ4n) is 0.153. The molecule has 0 radical (unpaired) electrons. The molecule has 3 heteroatoms. The average molecular weight is 122 g/mol. The van der Waals surface area contributed by atoms with E-state index in [2.05, 4.69) is 9.99 Å². The van der Waals surface area contributed by atoms with Crippen molar-refractivity contribution in [3.05, 3.63) is 0 Å². The first-order valence-corrected chi connectivity index (χ1v) is 2.50. The van der Waals surface area contributed by atoms with Gasteiger partial charge < -0.3 is 4.84 Å². The average Bonchev–Trinajstić information content (AvgIpc) is 1.61. The van der Waals surface area contributed by atoms with E-state index in [0.717, 1.165) is 5.71 Å². The first-order chi connectivity index (χ1) is 3.27. The third kappa shape index (κ3) is 5.76. The first-order valence-electron chi connectivity index (χ1n) is 1.96. The number of halogens is 1. The van der Waals surface area contributed by atoms with Gasteiger partial charge in [-0.1, -0.05) is 16.8 Å². The molecular weight excluding hydrogens is 114 g/mol. The molecule has 0 spiro atoms. The summed E-state index contributed by atoms with van der Waals surface area (Å²) in [5.74, 6) is 0. The van der Waals surface area contributed by atoms with Crippen molar-refractivity contribution >= 4 is 17.3 Å². The number of alkyl halides is 1. The fraction of sp³-hybridized carbons (Fsp3) is 0.750. The van der Waals surface area contributed by atoms with E-state index in [4.69, 9.17) is 11.6 Å². The lowest BCUT2D eigenvalue weighted by molar-refractivity contribution is 0.192. The second-order valence-electron chi connectivity index (χ2n) is 1.28. The van der Waals surface area contributed by atoms with Gasteiger partial charge in [-0.15, -0.1) is 0 Å². The summed E-state index contributed by atoms with van der Waals surface area (Å²) in [6, 6.07) is 0.130. The van der Waals surface area contributed by atoms with Crippen molar-refractivity contribution in [3.8, 4) is 0 Å². The Bertz CT molecular complexity index is 68.1. The standard InChI is InChI=1S/C4H8ClNO/c1-4(2)6-7-3-5/h3H2,1-2H3. The Hall–Kier alpha value is -0.240. The Morgan fingerprint density at radius 2 is 2.29 bits per heavy atom. The van der Waals surface area contributed by atoms with E-state index in [9.17, 15) is 0 Å². The van der Waals surface area contributed by atoms with Gasteiger partial charge >= 0.3 is 0 Å². The molecule has 42 valence electrons. The third-order valence-electron chi connectivity index (χ3n) is 0.296. The molecule has 0 aromatic carbocycles. The highest BCUT2D eigenvalue weighted by Crippen LogP contribution is 1.80. The lowest BCUT2D eigenvalue weighted by atomic mass is 10.5. The highest BCUT2D eigenvalue weighted by atomic mass is 35.5. The number of oxime groups is 1. The molecular formula is C4H8ClNO. The minimum Gasteiger partial charge on any atom is -0.380 e. The van der Waals surface area contributed by atoms with Gasteiger partial charge in [-0.25, -0.2) is 0 Å². The Labute approximate surface area is 48.1 Å². The van der Waals surface area contributed by atoms with Crippen LogP contribution < -0.4 is 0 Å². The molecule has 0 aliphatic heterocycles. The summed E-state index contributed by atoms with van der Waals surface area (Å²) >= 11 is 5.12. The van der Waals surface area contributed by atoms with E-state index in [0.29, 0.717) is 0 Å². The second-order valence-corrected chi connectivity index (χ2v) is 1.49. The van der Waals surface area contributed by atoms with Crippen LogP contribution in [0.25, 0.3) is 0 Å². The Kier molecular flexibility index (Phi) is 3.80. The highest BCUT2D eigenvalue weighted by Gasteiger charge is 1.74.